The molecule has 1 aliphatic carbocycles. The first-order valence-corrected chi connectivity index (χ1v) is 5.85. The molecule has 1 saturated carbocycles. The number of imidazole rings is 1. The first kappa shape index (κ1) is 9.56. The summed E-state index contributed by atoms with van der Waals surface area (Å²) in [4.78, 5) is 12.0. The van der Waals surface area contributed by atoms with Crippen molar-refractivity contribution in [1.29, 1.82) is 0 Å². The first-order valence-electron chi connectivity index (χ1n) is 5.85. The van der Waals surface area contributed by atoms with E-state index in [4.69, 9.17) is 10.5 Å². The molecule has 1 unspecified atom stereocenters. The number of fused-ring (bicyclic) bond motifs is 2. The van der Waals surface area contributed by atoms with E-state index >= 15 is 0 Å². The van der Waals surface area contributed by atoms with E-state index in [1.165, 1.54) is 0 Å². The molecular weight excluding hydrogens is 216 g/mol. The van der Waals surface area contributed by atoms with Gasteiger partial charge < -0.3 is 15.5 Å². The second-order valence-electron chi connectivity index (χ2n) is 5.53. The third kappa shape index (κ3) is 1.15. The van der Waals surface area contributed by atoms with Crippen LogP contribution < -0.4 is 5.73 Å². The van der Waals surface area contributed by atoms with Crippen molar-refractivity contribution in [2.75, 3.05) is 0 Å². The summed E-state index contributed by atoms with van der Waals surface area (Å²) in [5.41, 5.74) is 7.68. The van der Waals surface area contributed by atoms with Gasteiger partial charge in [0.1, 0.15) is 17.4 Å². The number of rotatable bonds is 1. The van der Waals surface area contributed by atoms with Crippen molar-refractivity contribution in [3.05, 3.63) is 24.2 Å². The van der Waals surface area contributed by atoms with Crippen LogP contribution in [0.4, 0.5) is 0 Å². The fourth-order valence-corrected chi connectivity index (χ4v) is 3.33. The lowest BCUT2D eigenvalue weighted by Gasteiger charge is -2.39. The van der Waals surface area contributed by atoms with Gasteiger partial charge in [0.25, 0.3) is 0 Å². The zero-order chi connectivity index (χ0) is 11.7. The maximum absolute atomic E-state index is 6.32. The third-order valence-electron chi connectivity index (χ3n) is 3.85. The number of hydrogen-bond acceptors (Lipinski definition) is 4. The molecule has 3 fully saturated rings. The van der Waals surface area contributed by atoms with Crippen LogP contribution in [0.5, 0.6) is 0 Å². The Morgan fingerprint density at radius 3 is 3.00 bits per heavy atom. The molecule has 3 N–H and O–H groups in total. The smallest absolute Gasteiger partial charge is 0.157 e. The second kappa shape index (κ2) is 2.68. The van der Waals surface area contributed by atoms with Gasteiger partial charge in [-0.1, -0.05) is 0 Å². The van der Waals surface area contributed by atoms with E-state index in [0.717, 1.165) is 29.8 Å². The summed E-state index contributed by atoms with van der Waals surface area (Å²) >= 11 is 0. The Hall–Kier alpha value is -1.46. The van der Waals surface area contributed by atoms with Crippen LogP contribution in [0, 0.1) is 0 Å². The summed E-state index contributed by atoms with van der Waals surface area (Å²) in [5.74, 6) is 0.808. The van der Waals surface area contributed by atoms with E-state index in [0.29, 0.717) is 0 Å². The normalized spacial score (nSPS) is 39.5. The Balaban J connectivity index is 1.80. The number of nitrogens with one attached hydrogen (secondary N) is 1. The number of nitrogens with zero attached hydrogens (tertiary/aromatic N) is 2. The van der Waals surface area contributed by atoms with Crippen molar-refractivity contribution in [1.82, 2.24) is 15.0 Å². The van der Waals surface area contributed by atoms with Crippen LogP contribution in [-0.2, 0) is 4.74 Å². The summed E-state index contributed by atoms with van der Waals surface area (Å²) < 4.78 is 5.99. The Bertz CT molecular complexity index is 566. The van der Waals surface area contributed by atoms with E-state index < -0.39 is 0 Å². The average Bonchev–Trinajstić information content (AvgIpc) is 2.83. The van der Waals surface area contributed by atoms with Gasteiger partial charge in [-0.25, -0.2) is 9.97 Å². The van der Waals surface area contributed by atoms with Gasteiger partial charge in [0.2, 0.25) is 0 Å². The maximum atomic E-state index is 6.32. The summed E-state index contributed by atoms with van der Waals surface area (Å²) in [6, 6.07) is 3.81. The molecule has 0 amide bonds. The number of pyridine rings is 1. The van der Waals surface area contributed by atoms with Crippen LogP contribution in [-0.4, -0.2) is 26.1 Å². The average molecular weight is 230 g/mol. The number of hydrogen-bond donors (Lipinski definition) is 2. The lowest BCUT2D eigenvalue weighted by atomic mass is 9.67. The van der Waals surface area contributed by atoms with Crippen molar-refractivity contribution in [3.8, 4) is 0 Å². The van der Waals surface area contributed by atoms with Crippen molar-refractivity contribution < 1.29 is 4.74 Å². The van der Waals surface area contributed by atoms with Crippen LogP contribution in [0.25, 0.3) is 11.2 Å². The van der Waals surface area contributed by atoms with E-state index in [1.54, 1.807) is 6.20 Å². The zero-order valence-corrected chi connectivity index (χ0v) is 9.60. The van der Waals surface area contributed by atoms with E-state index in [2.05, 4.69) is 21.9 Å². The number of aromatic amines is 1. The number of ether oxygens (including phenoxy) is 1. The van der Waals surface area contributed by atoms with Gasteiger partial charge in [0.15, 0.2) is 5.65 Å². The largest absolute Gasteiger partial charge is 0.362 e. The molecule has 2 saturated heterocycles. The SMILES string of the molecule is CC12CC(N)(C1)C(c1nc3cccnc3[nH]1)O2. The lowest BCUT2D eigenvalue weighted by Crippen LogP contribution is -2.54. The summed E-state index contributed by atoms with van der Waals surface area (Å²) in [6.45, 7) is 2.11. The van der Waals surface area contributed by atoms with Crippen molar-refractivity contribution >= 4 is 11.2 Å². The highest BCUT2D eigenvalue weighted by atomic mass is 16.5. The fourth-order valence-electron chi connectivity index (χ4n) is 3.33. The quantitative estimate of drug-likeness (QED) is 0.773. The maximum Gasteiger partial charge on any atom is 0.157 e. The Morgan fingerprint density at radius 1 is 1.53 bits per heavy atom. The molecule has 0 radical (unpaired) electrons. The number of nitrogens with two attached hydrogens (primary N) is 1. The highest BCUT2D eigenvalue weighted by Crippen LogP contribution is 2.59. The van der Waals surface area contributed by atoms with Gasteiger partial charge in [0, 0.05) is 6.20 Å². The van der Waals surface area contributed by atoms with Crippen LogP contribution in [0.2, 0.25) is 0 Å². The zero-order valence-electron chi connectivity index (χ0n) is 9.60. The highest BCUT2D eigenvalue weighted by Gasteiger charge is 2.64. The van der Waals surface area contributed by atoms with Crippen LogP contribution in [0.3, 0.4) is 0 Å². The van der Waals surface area contributed by atoms with E-state index in [9.17, 15) is 0 Å². The highest BCUT2D eigenvalue weighted by molar-refractivity contribution is 5.70. The van der Waals surface area contributed by atoms with Gasteiger partial charge in [-0.2, -0.15) is 0 Å². The molecule has 2 aromatic heterocycles. The second-order valence-corrected chi connectivity index (χ2v) is 5.53. The van der Waals surface area contributed by atoms with Gasteiger partial charge in [-0.05, 0) is 31.9 Å². The van der Waals surface area contributed by atoms with Crippen LogP contribution in [0.15, 0.2) is 18.3 Å². The van der Waals surface area contributed by atoms with Crippen LogP contribution >= 0.6 is 0 Å². The predicted molar refractivity (Wildman–Crippen MR) is 62.3 cm³/mol. The molecular formula is C12H14N4O. The number of H-pyrrole nitrogens is 1. The van der Waals surface area contributed by atoms with Gasteiger partial charge >= 0.3 is 0 Å². The minimum Gasteiger partial charge on any atom is -0.362 e. The molecule has 0 aromatic carbocycles. The molecule has 2 bridgehead atoms. The Kier molecular flexibility index (Phi) is 1.51. The summed E-state index contributed by atoms with van der Waals surface area (Å²) in [5, 5.41) is 0. The van der Waals surface area contributed by atoms with Crippen molar-refractivity contribution in [2.24, 2.45) is 5.73 Å². The molecule has 0 spiro atoms. The molecule has 5 rings (SSSR count). The molecule has 5 heteroatoms. The molecule has 4 heterocycles. The minimum atomic E-state index is -0.247. The van der Waals surface area contributed by atoms with Gasteiger partial charge in [-0.3, -0.25) is 0 Å². The first-order chi connectivity index (χ1) is 8.08. The molecule has 2 aliphatic heterocycles. The van der Waals surface area contributed by atoms with E-state index in [-0.39, 0.29) is 17.2 Å². The monoisotopic (exact) mass is 230 g/mol. The fraction of sp³-hybridized carbons (Fsp3) is 0.500. The van der Waals surface area contributed by atoms with Crippen LogP contribution in [0.1, 0.15) is 31.7 Å². The molecule has 17 heavy (non-hydrogen) atoms. The Labute approximate surface area is 98.4 Å². The molecule has 5 nitrogen and oxygen atoms in total. The van der Waals surface area contributed by atoms with Crippen molar-refractivity contribution in [3.63, 3.8) is 0 Å². The van der Waals surface area contributed by atoms with Gasteiger partial charge in [0.05, 0.1) is 11.1 Å². The molecule has 2 aromatic rings. The summed E-state index contributed by atoms with van der Waals surface area (Å²) in [7, 11) is 0. The minimum absolute atomic E-state index is 0.0498. The molecule has 3 aliphatic rings. The predicted octanol–water partition coefficient (Wildman–Crippen LogP) is 1.28. The van der Waals surface area contributed by atoms with E-state index in [1.807, 2.05) is 12.1 Å². The van der Waals surface area contributed by atoms with Gasteiger partial charge in [-0.15, -0.1) is 0 Å². The standard InChI is InChI=1S/C12H14N4O/c1-11-5-12(13,6-11)8(17-11)10-15-7-3-2-4-14-9(7)16-10/h2-4,8H,5-6,13H2,1H3,(H,14,15,16). The number of aromatic nitrogens is 3. The molecule has 88 valence electrons. The topological polar surface area (TPSA) is 76.8 Å². The summed E-state index contributed by atoms with van der Waals surface area (Å²) in [6.07, 6.45) is 3.45. The third-order valence-corrected chi connectivity index (χ3v) is 3.85. The molecule has 1 atom stereocenters. The lowest BCUT2D eigenvalue weighted by molar-refractivity contribution is -0.0109. The Morgan fingerprint density at radius 2 is 2.35 bits per heavy atom. The van der Waals surface area contributed by atoms with Crippen molar-refractivity contribution in [2.45, 2.75) is 37.0 Å².